The molecule has 2 aromatic rings. The Labute approximate surface area is 109 Å². The first-order valence-electron chi connectivity index (χ1n) is 5.33. The number of nitrogen functional groups attached to an aromatic ring is 1. The van der Waals surface area contributed by atoms with Gasteiger partial charge >= 0.3 is 0 Å². The lowest BCUT2D eigenvalue weighted by atomic mass is 10.2. The van der Waals surface area contributed by atoms with Crippen LogP contribution in [0.4, 0.5) is 5.82 Å². The highest BCUT2D eigenvalue weighted by Gasteiger charge is 2.07. The van der Waals surface area contributed by atoms with Crippen molar-refractivity contribution in [2.75, 3.05) is 12.3 Å². The molecule has 18 heavy (non-hydrogen) atoms. The highest BCUT2D eigenvalue weighted by molar-refractivity contribution is 6.33. The van der Waals surface area contributed by atoms with Gasteiger partial charge < -0.3 is 11.1 Å². The fourth-order valence-corrected chi connectivity index (χ4v) is 1.56. The van der Waals surface area contributed by atoms with Crippen molar-refractivity contribution in [1.29, 1.82) is 0 Å². The van der Waals surface area contributed by atoms with Gasteiger partial charge in [-0.05, 0) is 12.1 Å². The predicted octanol–water partition coefficient (Wildman–Crippen LogP) is 0.944. The molecule has 0 unspecified atom stereocenters. The van der Waals surface area contributed by atoms with Gasteiger partial charge in [-0.1, -0.05) is 11.6 Å². The van der Waals surface area contributed by atoms with Crippen LogP contribution in [0.1, 0.15) is 10.4 Å². The summed E-state index contributed by atoms with van der Waals surface area (Å²) in [4.78, 5) is 15.6. The number of nitrogens with zero attached hydrogens (tertiary/aromatic N) is 3. The molecule has 2 rings (SSSR count). The molecule has 0 fully saturated rings. The van der Waals surface area contributed by atoms with Gasteiger partial charge in [-0.2, -0.15) is 5.10 Å². The van der Waals surface area contributed by atoms with Crippen LogP contribution in [-0.4, -0.2) is 27.2 Å². The zero-order chi connectivity index (χ0) is 13.0. The van der Waals surface area contributed by atoms with E-state index in [0.29, 0.717) is 18.7 Å². The lowest BCUT2D eigenvalue weighted by Crippen LogP contribution is -2.27. The van der Waals surface area contributed by atoms with Crippen molar-refractivity contribution in [3.8, 4) is 0 Å². The summed E-state index contributed by atoms with van der Waals surface area (Å²) in [5.74, 6) is -0.0266. The van der Waals surface area contributed by atoms with Crippen LogP contribution in [0, 0.1) is 0 Å². The molecule has 1 amide bonds. The van der Waals surface area contributed by atoms with Gasteiger partial charge in [0.2, 0.25) is 0 Å². The van der Waals surface area contributed by atoms with Crippen molar-refractivity contribution in [2.45, 2.75) is 6.54 Å². The number of carbonyl (C=O) groups is 1. The summed E-state index contributed by atoms with van der Waals surface area (Å²) in [6.45, 7) is 1.08. The number of hydrogen-bond acceptors (Lipinski definition) is 4. The number of anilines is 1. The molecule has 0 saturated heterocycles. The summed E-state index contributed by atoms with van der Waals surface area (Å²) < 4.78 is 1.73. The zero-order valence-corrected chi connectivity index (χ0v) is 10.3. The van der Waals surface area contributed by atoms with Crippen LogP contribution in [-0.2, 0) is 6.54 Å². The number of rotatable bonds is 4. The second-order valence-electron chi connectivity index (χ2n) is 3.62. The Morgan fingerprint density at radius 1 is 1.56 bits per heavy atom. The number of nitrogens with two attached hydrogens (primary N) is 1. The standard InChI is InChI=1S/C11H12ClN5O/c12-9-6-8(7-15-10(9)13)11(18)14-3-5-17-4-1-2-16-17/h1-2,4,6-7H,3,5H2,(H2,13,15)(H,14,18). The van der Waals surface area contributed by atoms with Crippen LogP contribution >= 0.6 is 11.6 Å². The van der Waals surface area contributed by atoms with Gasteiger partial charge in [-0.25, -0.2) is 4.98 Å². The molecule has 0 bridgehead atoms. The van der Waals surface area contributed by atoms with E-state index in [1.54, 1.807) is 10.9 Å². The summed E-state index contributed by atoms with van der Waals surface area (Å²) in [5, 5.41) is 7.04. The molecule has 2 heterocycles. The third kappa shape index (κ3) is 2.98. The van der Waals surface area contributed by atoms with Gasteiger partial charge in [-0.3, -0.25) is 9.48 Å². The number of amides is 1. The molecule has 0 aliphatic carbocycles. The summed E-state index contributed by atoms with van der Waals surface area (Å²) in [5.41, 5.74) is 5.85. The molecule has 6 nitrogen and oxygen atoms in total. The van der Waals surface area contributed by atoms with Crippen LogP contribution in [0.3, 0.4) is 0 Å². The fraction of sp³-hybridized carbons (Fsp3) is 0.182. The van der Waals surface area contributed by atoms with Crippen LogP contribution < -0.4 is 11.1 Å². The Morgan fingerprint density at radius 3 is 3.06 bits per heavy atom. The third-order valence-electron chi connectivity index (χ3n) is 2.32. The van der Waals surface area contributed by atoms with Crippen molar-refractivity contribution < 1.29 is 4.79 Å². The Hall–Kier alpha value is -2.08. The van der Waals surface area contributed by atoms with E-state index in [1.807, 2.05) is 12.3 Å². The van der Waals surface area contributed by atoms with E-state index in [2.05, 4.69) is 15.4 Å². The molecule has 0 radical (unpaired) electrons. The molecule has 0 saturated carbocycles. The zero-order valence-electron chi connectivity index (χ0n) is 9.51. The molecule has 3 N–H and O–H groups in total. The van der Waals surface area contributed by atoms with Crippen molar-refractivity contribution in [2.24, 2.45) is 0 Å². The summed E-state index contributed by atoms with van der Waals surface area (Å²) in [6, 6.07) is 3.32. The van der Waals surface area contributed by atoms with Crippen LogP contribution in [0.15, 0.2) is 30.7 Å². The number of aromatic nitrogens is 3. The first-order chi connectivity index (χ1) is 8.66. The Kier molecular flexibility index (Phi) is 3.78. The lowest BCUT2D eigenvalue weighted by Gasteiger charge is -2.06. The van der Waals surface area contributed by atoms with E-state index in [0.717, 1.165) is 0 Å². The Balaban J connectivity index is 1.89. The van der Waals surface area contributed by atoms with E-state index in [9.17, 15) is 4.79 Å². The summed E-state index contributed by atoms with van der Waals surface area (Å²) in [6.07, 6.45) is 4.91. The first-order valence-corrected chi connectivity index (χ1v) is 5.71. The van der Waals surface area contributed by atoms with E-state index in [1.165, 1.54) is 12.3 Å². The van der Waals surface area contributed by atoms with Gasteiger partial charge in [0.15, 0.2) is 0 Å². The number of pyridine rings is 1. The monoisotopic (exact) mass is 265 g/mol. The molecule has 2 aromatic heterocycles. The van der Waals surface area contributed by atoms with Crippen molar-refractivity contribution in [3.63, 3.8) is 0 Å². The maximum Gasteiger partial charge on any atom is 0.252 e. The van der Waals surface area contributed by atoms with Crippen molar-refractivity contribution in [3.05, 3.63) is 41.3 Å². The second kappa shape index (κ2) is 5.50. The quantitative estimate of drug-likeness (QED) is 0.862. The van der Waals surface area contributed by atoms with E-state index in [4.69, 9.17) is 17.3 Å². The molecule has 0 aliphatic heterocycles. The number of carbonyl (C=O) groups excluding carboxylic acids is 1. The minimum absolute atomic E-state index is 0.213. The van der Waals surface area contributed by atoms with Crippen LogP contribution in [0.25, 0.3) is 0 Å². The largest absolute Gasteiger partial charge is 0.382 e. The highest BCUT2D eigenvalue weighted by atomic mass is 35.5. The van der Waals surface area contributed by atoms with Crippen LogP contribution in [0.5, 0.6) is 0 Å². The minimum Gasteiger partial charge on any atom is -0.382 e. The van der Waals surface area contributed by atoms with Gasteiger partial charge in [0, 0.05) is 25.1 Å². The van der Waals surface area contributed by atoms with Gasteiger partial charge in [-0.15, -0.1) is 0 Å². The fourth-order valence-electron chi connectivity index (χ4n) is 1.39. The Morgan fingerprint density at radius 2 is 2.39 bits per heavy atom. The maximum absolute atomic E-state index is 11.8. The van der Waals surface area contributed by atoms with Gasteiger partial charge in [0.05, 0.1) is 17.1 Å². The lowest BCUT2D eigenvalue weighted by molar-refractivity contribution is 0.0951. The average molecular weight is 266 g/mol. The third-order valence-corrected chi connectivity index (χ3v) is 2.62. The van der Waals surface area contributed by atoms with E-state index < -0.39 is 0 Å². The Bertz CT molecular complexity index is 540. The molecule has 0 aliphatic rings. The van der Waals surface area contributed by atoms with Crippen molar-refractivity contribution >= 4 is 23.3 Å². The summed E-state index contributed by atoms with van der Waals surface area (Å²) in [7, 11) is 0. The van der Waals surface area contributed by atoms with Crippen LogP contribution in [0.2, 0.25) is 5.02 Å². The predicted molar refractivity (Wildman–Crippen MR) is 68.2 cm³/mol. The SMILES string of the molecule is Nc1ncc(C(=O)NCCn2cccn2)cc1Cl. The second-order valence-corrected chi connectivity index (χ2v) is 4.02. The molecule has 7 heteroatoms. The smallest absolute Gasteiger partial charge is 0.252 e. The van der Waals surface area contributed by atoms with Gasteiger partial charge in [0.25, 0.3) is 5.91 Å². The van der Waals surface area contributed by atoms with E-state index in [-0.39, 0.29) is 16.7 Å². The minimum atomic E-state index is -0.239. The number of hydrogen-bond donors (Lipinski definition) is 2. The first kappa shape index (κ1) is 12.4. The highest BCUT2D eigenvalue weighted by Crippen LogP contribution is 2.16. The molecule has 94 valence electrons. The summed E-state index contributed by atoms with van der Waals surface area (Å²) >= 11 is 5.79. The number of nitrogens with one attached hydrogen (secondary N) is 1. The van der Waals surface area contributed by atoms with E-state index >= 15 is 0 Å². The molecule has 0 spiro atoms. The molecular weight excluding hydrogens is 254 g/mol. The molecule has 0 atom stereocenters. The molecular formula is C11H12ClN5O. The maximum atomic E-state index is 11.8. The van der Waals surface area contributed by atoms with Gasteiger partial charge in [0.1, 0.15) is 5.82 Å². The average Bonchev–Trinajstić information content (AvgIpc) is 2.85. The van der Waals surface area contributed by atoms with Crippen molar-refractivity contribution in [1.82, 2.24) is 20.1 Å². The molecule has 0 aromatic carbocycles. The normalized spacial score (nSPS) is 10.3. The number of halogens is 1. The topological polar surface area (TPSA) is 85.8 Å².